The normalized spacial score (nSPS) is 13.9. The number of rotatable bonds is 23. The van der Waals surface area contributed by atoms with E-state index < -0.39 is 0 Å². The van der Waals surface area contributed by atoms with E-state index in [1.807, 2.05) is 27.7 Å². The van der Waals surface area contributed by atoms with Gasteiger partial charge in [-0.2, -0.15) is 5.06 Å². The van der Waals surface area contributed by atoms with Crippen molar-refractivity contribution in [2.45, 2.75) is 79.4 Å². The summed E-state index contributed by atoms with van der Waals surface area (Å²) in [5.74, 6) is 0. The summed E-state index contributed by atoms with van der Waals surface area (Å²) < 4.78 is 22.7. The van der Waals surface area contributed by atoms with Crippen LogP contribution in [-0.2, 0) is 23.8 Å². The van der Waals surface area contributed by atoms with Crippen LogP contribution in [0.15, 0.2) is 0 Å². The van der Waals surface area contributed by atoms with Crippen LogP contribution in [-0.4, -0.2) is 87.9 Å². The highest BCUT2D eigenvalue weighted by Gasteiger charge is 2.18. The van der Waals surface area contributed by atoms with E-state index in [9.17, 15) is 0 Å². The summed E-state index contributed by atoms with van der Waals surface area (Å²) in [6.45, 7) is 17.1. The minimum absolute atomic E-state index is 0.0457. The summed E-state index contributed by atoms with van der Waals surface area (Å²) in [7, 11) is 1.68. The highest BCUT2D eigenvalue weighted by Crippen LogP contribution is 2.22. The van der Waals surface area contributed by atoms with Crippen LogP contribution >= 0.6 is 17.2 Å². The molecule has 6 nitrogen and oxygen atoms in total. The topological polar surface area (TPSA) is 49.4 Å². The monoisotopic (exact) mass is 469 g/mol. The van der Waals surface area contributed by atoms with Crippen molar-refractivity contribution in [3.8, 4) is 0 Å². The highest BCUT2D eigenvalue weighted by atomic mass is 31.1. The Hall–Kier alpha value is 0.620. The Labute approximate surface area is 190 Å². The number of hydroxylamine groups is 2. The number of hydrogen-bond acceptors (Lipinski definition) is 6. The average Bonchev–Trinajstić information content (AvgIpc) is 2.74. The van der Waals surface area contributed by atoms with Gasteiger partial charge in [0.05, 0.1) is 6.61 Å². The lowest BCUT2D eigenvalue weighted by atomic mass is 10.1. The van der Waals surface area contributed by atoms with Gasteiger partial charge in [-0.1, -0.05) is 13.8 Å². The summed E-state index contributed by atoms with van der Waals surface area (Å²) in [6.07, 6.45) is 7.48. The molecule has 0 saturated carbocycles. The standard InChI is InChI=1S/C22H49NO5P2/c1-7-15-28-23(14-17-30-19-22(26-11-5)27-12-6)20(8-2)13-16-29-18-21(24-9-3)25-10-4/h20-22,29-30H,7-19H2,1-6H3. The molecule has 3 unspecified atom stereocenters. The van der Waals surface area contributed by atoms with Crippen molar-refractivity contribution in [2.24, 2.45) is 0 Å². The smallest absolute Gasteiger partial charge is 0.161 e. The molecule has 0 amide bonds. The molecular formula is C22H49NO5P2. The summed E-state index contributed by atoms with van der Waals surface area (Å²) >= 11 is 0. The van der Waals surface area contributed by atoms with Gasteiger partial charge >= 0.3 is 0 Å². The molecule has 30 heavy (non-hydrogen) atoms. The molecule has 0 aromatic heterocycles. The quantitative estimate of drug-likeness (QED) is 0.0913. The first kappa shape index (κ1) is 30.6. The van der Waals surface area contributed by atoms with Gasteiger partial charge in [0, 0.05) is 51.3 Å². The minimum Gasteiger partial charge on any atom is -0.353 e. The number of nitrogens with zero attached hydrogens (tertiary/aromatic N) is 1. The fourth-order valence-corrected chi connectivity index (χ4v) is 5.35. The number of hydrogen-bond donors (Lipinski definition) is 0. The van der Waals surface area contributed by atoms with Gasteiger partial charge in [-0.15, -0.1) is 17.2 Å². The molecule has 0 radical (unpaired) electrons. The zero-order chi connectivity index (χ0) is 22.5. The van der Waals surface area contributed by atoms with Crippen molar-refractivity contribution in [1.29, 1.82) is 0 Å². The Balaban J connectivity index is 4.39. The Bertz CT molecular complexity index is 343. The molecule has 0 aromatic carbocycles. The second kappa shape index (κ2) is 22.8. The maximum absolute atomic E-state index is 6.13. The number of ether oxygens (including phenoxy) is 4. The van der Waals surface area contributed by atoms with Gasteiger partial charge in [0.2, 0.25) is 0 Å². The van der Waals surface area contributed by atoms with E-state index in [-0.39, 0.29) is 12.6 Å². The third kappa shape index (κ3) is 16.3. The fourth-order valence-electron chi connectivity index (χ4n) is 3.09. The SMILES string of the molecule is CCCON(CCPCC(OCC)OCC)C(CC)CCPCC(OCC)OCC. The predicted octanol–water partition coefficient (Wildman–Crippen LogP) is 4.95. The molecule has 0 spiro atoms. The molecule has 182 valence electrons. The average molecular weight is 470 g/mol. The first-order valence-electron chi connectivity index (χ1n) is 11.9. The van der Waals surface area contributed by atoms with Crippen LogP contribution in [0, 0.1) is 0 Å². The van der Waals surface area contributed by atoms with Gasteiger partial charge in [0.1, 0.15) is 0 Å². The summed E-state index contributed by atoms with van der Waals surface area (Å²) in [4.78, 5) is 6.13. The second-order valence-electron chi connectivity index (χ2n) is 6.91. The molecule has 0 aromatic rings. The van der Waals surface area contributed by atoms with Gasteiger partial charge in [-0.25, -0.2) is 0 Å². The summed E-state index contributed by atoms with van der Waals surface area (Å²) in [5, 5.41) is 2.25. The zero-order valence-electron chi connectivity index (χ0n) is 20.4. The Kier molecular flexibility index (Phi) is 23.3. The summed E-state index contributed by atoms with van der Waals surface area (Å²) in [6, 6.07) is 0.473. The molecule has 0 aliphatic rings. The van der Waals surface area contributed by atoms with Gasteiger partial charge in [-0.05, 0) is 59.3 Å². The van der Waals surface area contributed by atoms with E-state index in [0.717, 1.165) is 68.1 Å². The van der Waals surface area contributed by atoms with Crippen LogP contribution in [0.4, 0.5) is 0 Å². The molecule has 0 N–H and O–H groups in total. The van der Waals surface area contributed by atoms with E-state index in [2.05, 4.69) is 18.9 Å². The van der Waals surface area contributed by atoms with Crippen LogP contribution in [0.2, 0.25) is 0 Å². The first-order valence-corrected chi connectivity index (χ1v) is 14.8. The Morgan fingerprint density at radius 3 is 1.63 bits per heavy atom. The lowest BCUT2D eigenvalue weighted by Gasteiger charge is -2.30. The molecule has 0 rings (SSSR count). The van der Waals surface area contributed by atoms with Crippen LogP contribution in [0.1, 0.15) is 60.8 Å². The van der Waals surface area contributed by atoms with E-state index in [4.69, 9.17) is 23.8 Å². The second-order valence-corrected chi connectivity index (χ2v) is 9.73. The van der Waals surface area contributed by atoms with Crippen LogP contribution < -0.4 is 0 Å². The van der Waals surface area contributed by atoms with E-state index in [0.29, 0.717) is 32.5 Å². The molecule has 8 heteroatoms. The molecular weight excluding hydrogens is 420 g/mol. The third-order valence-corrected chi connectivity index (χ3v) is 7.00. The van der Waals surface area contributed by atoms with E-state index in [1.165, 1.54) is 6.16 Å². The van der Waals surface area contributed by atoms with Gasteiger partial charge < -0.3 is 18.9 Å². The van der Waals surface area contributed by atoms with Gasteiger partial charge in [0.15, 0.2) is 12.6 Å². The highest BCUT2D eigenvalue weighted by molar-refractivity contribution is 7.38. The van der Waals surface area contributed by atoms with Crippen molar-refractivity contribution < 1.29 is 23.8 Å². The molecule has 0 saturated heterocycles. The van der Waals surface area contributed by atoms with Crippen molar-refractivity contribution in [3.63, 3.8) is 0 Å². The van der Waals surface area contributed by atoms with Crippen molar-refractivity contribution in [1.82, 2.24) is 5.06 Å². The Morgan fingerprint density at radius 2 is 1.20 bits per heavy atom. The van der Waals surface area contributed by atoms with Crippen LogP contribution in [0.25, 0.3) is 0 Å². The largest absolute Gasteiger partial charge is 0.353 e. The maximum atomic E-state index is 6.13. The molecule has 0 aliphatic carbocycles. The van der Waals surface area contributed by atoms with Gasteiger partial charge in [-0.3, -0.25) is 4.84 Å². The minimum atomic E-state index is -0.0601. The lowest BCUT2D eigenvalue weighted by molar-refractivity contribution is -0.184. The molecule has 0 aliphatic heterocycles. The van der Waals surface area contributed by atoms with Crippen molar-refractivity contribution in [2.75, 3.05) is 64.2 Å². The molecule has 0 bridgehead atoms. The van der Waals surface area contributed by atoms with Crippen molar-refractivity contribution in [3.05, 3.63) is 0 Å². The molecule has 0 heterocycles. The fraction of sp³-hybridized carbons (Fsp3) is 1.00. The van der Waals surface area contributed by atoms with E-state index >= 15 is 0 Å². The van der Waals surface area contributed by atoms with Crippen LogP contribution in [0.5, 0.6) is 0 Å². The first-order chi connectivity index (χ1) is 14.7. The predicted molar refractivity (Wildman–Crippen MR) is 132 cm³/mol. The van der Waals surface area contributed by atoms with Crippen molar-refractivity contribution >= 4 is 17.2 Å². The van der Waals surface area contributed by atoms with E-state index in [1.54, 1.807) is 0 Å². The molecule has 0 fully saturated rings. The maximum Gasteiger partial charge on any atom is 0.161 e. The summed E-state index contributed by atoms with van der Waals surface area (Å²) in [5.41, 5.74) is 0. The molecule has 3 atom stereocenters. The lowest BCUT2D eigenvalue weighted by Crippen LogP contribution is -2.37. The third-order valence-electron chi connectivity index (χ3n) is 4.54. The zero-order valence-corrected chi connectivity index (χ0v) is 22.4. The Morgan fingerprint density at radius 1 is 0.700 bits per heavy atom. The van der Waals surface area contributed by atoms with Crippen LogP contribution in [0.3, 0.4) is 0 Å². The van der Waals surface area contributed by atoms with Gasteiger partial charge in [0.25, 0.3) is 0 Å².